The lowest BCUT2D eigenvalue weighted by Gasteiger charge is -2.35. The van der Waals surface area contributed by atoms with Gasteiger partial charge in [0.2, 0.25) is 0 Å². The van der Waals surface area contributed by atoms with Crippen LogP contribution in [-0.2, 0) is 6.42 Å². The number of ether oxygens (including phenoxy) is 1. The van der Waals surface area contributed by atoms with Crippen LogP contribution in [-0.4, -0.2) is 41.2 Å². The molecule has 2 fully saturated rings. The Morgan fingerprint density at radius 3 is 2.63 bits per heavy atom. The number of benzene rings is 2. The number of rotatable bonds is 6. The number of piperidine rings is 1. The SMILES string of the molecule is O=C(c1ccccc1OCCc1ccccc1)N1CCCC(C2(O)CC2)C1. The van der Waals surface area contributed by atoms with Gasteiger partial charge in [-0.05, 0) is 43.4 Å². The van der Waals surface area contributed by atoms with Gasteiger partial charge in [0.25, 0.3) is 5.91 Å². The second-order valence-electron chi connectivity index (χ2n) is 7.77. The van der Waals surface area contributed by atoms with Gasteiger partial charge in [0.05, 0.1) is 17.8 Å². The summed E-state index contributed by atoms with van der Waals surface area (Å²) in [6.45, 7) is 1.94. The lowest BCUT2D eigenvalue weighted by molar-refractivity contribution is 0.0280. The third kappa shape index (κ3) is 4.16. The highest BCUT2D eigenvalue weighted by molar-refractivity contribution is 5.97. The first-order valence-electron chi connectivity index (χ1n) is 9.93. The number of carbonyl (C=O) groups excluding carboxylic acids is 1. The van der Waals surface area contributed by atoms with Crippen molar-refractivity contribution in [3.8, 4) is 5.75 Å². The molecule has 1 unspecified atom stereocenters. The van der Waals surface area contributed by atoms with Crippen molar-refractivity contribution in [3.05, 3.63) is 65.7 Å². The molecule has 1 saturated carbocycles. The van der Waals surface area contributed by atoms with Gasteiger partial charge in [-0.25, -0.2) is 0 Å². The maximum atomic E-state index is 13.1. The Kier molecular flexibility index (Phi) is 5.17. The molecule has 27 heavy (non-hydrogen) atoms. The minimum atomic E-state index is -0.523. The van der Waals surface area contributed by atoms with Crippen LogP contribution in [0.1, 0.15) is 41.6 Å². The molecule has 1 atom stereocenters. The van der Waals surface area contributed by atoms with E-state index in [4.69, 9.17) is 4.74 Å². The number of carbonyl (C=O) groups is 1. The van der Waals surface area contributed by atoms with Crippen LogP contribution in [0.25, 0.3) is 0 Å². The topological polar surface area (TPSA) is 49.8 Å². The van der Waals surface area contributed by atoms with Crippen LogP contribution in [0, 0.1) is 5.92 Å². The van der Waals surface area contributed by atoms with E-state index < -0.39 is 5.60 Å². The molecule has 0 radical (unpaired) electrons. The van der Waals surface area contributed by atoms with Gasteiger partial charge < -0.3 is 14.7 Å². The first-order chi connectivity index (χ1) is 13.2. The quantitative estimate of drug-likeness (QED) is 0.849. The van der Waals surface area contributed by atoms with Crippen molar-refractivity contribution < 1.29 is 14.6 Å². The van der Waals surface area contributed by atoms with Gasteiger partial charge >= 0.3 is 0 Å². The molecular weight excluding hydrogens is 338 g/mol. The number of hydrogen-bond donors (Lipinski definition) is 1. The zero-order valence-electron chi connectivity index (χ0n) is 15.6. The lowest BCUT2D eigenvalue weighted by atomic mass is 9.90. The van der Waals surface area contributed by atoms with Gasteiger partial charge in [-0.3, -0.25) is 4.79 Å². The maximum absolute atomic E-state index is 13.1. The van der Waals surface area contributed by atoms with Crippen LogP contribution in [0.2, 0.25) is 0 Å². The fraction of sp³-hybridized carbons (Fsp3) is 0.435. The highest BCUT2D eigenvalue weighted by Gasteiger charge is 2.49. The molecule has 0 aromatic heterocycles. The van der Waals surface area contributed by atoms with Crippen molar-refractivity contribution in [2.75, 3.05) is 19.7 Å². The molecule has 4 heteroatoms. The van der Waals surface area contributed by atoms with E-state index in [-0.39, 0.29) is 11.8 Å². The van der Waals surface area contributed by atoms with Crippen LogP contribution in [0.5, 0.6) is 5.75 Å². The summed E-state index contributed by atoms with van der Waals surface area (Å²) >= 11 is 0. The molecule has 1 amide bonds. The number of nitrogens with zero attached hydrogens (tertiary/aromatic N) is 1. The van der Waals surface area contributed by atoms with Gasteiger partial charge in [0.15, 0.2) is 0 Å². The number of para-hydroxylation sites is 1. The minimum absolute atomic E-state index is 0.0132. The monoisotopic (exact) mass is 365 g/mol. The summed E-state index contributed by atoms with van der Waals surface area (Å²) in [7, 11) is 0. The van der Waals surface area contributed by atoms with E-state index in [0.29, 0.717) is 24.5 Å². The molecule has 1 heterocycles. The molecule has 2 aliphatic rings. The Balaban J connectivity index is 1.41. The number of amides is 1. The van der Waals surface area contributed by atoms with Gasteiger partial charge in [-0.1, -0.05) is 42.5 Å². The highest BCUT2D eigenvalue weighted by Crippen LogP contribution is 2.45. The van der Waals surface area contributed by atoms with Gasteiger partial charge in [-0.2, -0.15) is 0 Å². The fourth-order valence-electron chi connectivity index (χ4n) is 4.00. The van der Waals surface area contributed by atoms with E-state index >= 15 is 0 Å². The van der Waals surface area contributed by atoms with E-state index in [9.17, 15) is 9.90 Å². The van der Waals surface area contributed by atoms with Crippen LogP contribution in [0.3, 0.4) is 0 Å². The zero-order valence-corrected chi connectivity index (χ0v) is 15.6. The molecule has 0 bridgehead atoms. The summed E-state index contributed by atoms with van der Waals surface area (Å²) in [4.78, 5) is 15.0. The Morgan fingerprint density at radius 1 is 1.11 bits per heavy atom. The number of hydrogen-bond acceptors (Lipinski definition) is 3. The van der Waals surface area contributed by atoms with Crippen LogP contribution < -0.4 is 4.74 Å². The normalized spacial score (nSPS) is 20.9. The Morgan fingerprint density at radius 2 is 1.85 bits per heavy atom. The minimum Gasteiger partial charge on any atom is -0.492 e. The Labute approximate surface area is 160 Å². The molecule has 1 saturated heterocycles. The first-order valence-corrected chi connectivity index (χ1v) is 9.93. The smallest absolute Gasteiger partial charge is 0.257 e. The molecule has 2 aromatic rings. The van der Waals surface area contributed by atoms with Gasteiger partial charge in [0, 0.05) is 25.4 Å². The van der Waals surface area contributed by atoms with Crippen molar-refractivity contribution in [2.24, 2.45) is 5.92 Å². The average molecular weight is 365 g/mol. The predicted octanol–water partition coefficient (Wildman–Crippen LogP) is 3.69. The molecular formula is C23H27NO3. The van der Waals surface area contributed by atoms with Gasteiger partial charge in [0.1, 0.15) is 5.75 Å². The molecule has 2 aromatic carbocycles. The van der Waals surface area contributed by atoms with Crippen molar-refractivity contribution in [1.29, 1.82) is 0 Å². The van der Waals surface area contributed by atoms with E-state index in [1.54, 1.807) is 0 Å². The molecule has 1 aliphatic heterocycles. The van der Waals surface area contributed by atoms with Crippen LogP contribution in [0.4, 0.5) is 0 Å². The summed E-state index contributed by atoms with van der Waals surface area (Å²) in [5.41, 5.74) is 1.32. The third-order valence-corrected chi connectivity index (χ3v) is 5.84. The lowest BCUT2D eigenvalue weighted by Crippen LogP contribution is -2.44. The van der Waals surface area contributed by atoms with Crippen molar-refractivity contribution in [2.45, 2.75) is 37.7 Å². The van der Waals surface area contributed by atoms with Crippen LogP contribution >= 0.6 is 0 Å². The summed E-state index contributed by atoms with van der Waals surface area (Å²) in [5.74, 6) is 0.867. The van der Waals surface area contributed by atoms with E-state index in [1.165, 1.54) is 5.56 Å². The predicted molar refractivity (Wildman–Crippen MR) is 105 cm³/mol. The van der Waals surface area contributed by atoms with Gasteiger partial charge in [-0.15, -0.1) is 0 Å². The summed E-state index contributed by atoms with van der Waals surface area (Å²) in [5, 5.41) is 10.4. The van der Waals surface area contributed by atoms with Crippen molar-refractivity contribution in [3.63, 3.8) is 0 Å². The van der Waals surface area contributed by atoms with Crippen molar-refractivity contribution in [1.82, 2.24) is 4.90 Å². The molecule has 4 rings (SSSR count). The molecule has 4 nitrogen and oxygen atoms in total. The summed E-state index contributed by atoms with van der Waals surface area (Å²) in [6.07, 6.45) is 4.52. The molecule has 0 spiro atoms. The maximum Gasteiger partial charge on any atom is 0.257 e. The van der Waals surface area contributed by atoms with E-state index in [1.807, 2.05) is 47.4 Å². The summed E-state index contributed by atoms with van der Waals surface area (Å²) < 4.78 is 5.96. The number of likely N-dealkylation sites (tertiary alicyclic amines) is 1. The number of aliphatic hydroxyl groups is 1. The van der Waals surface area contributed by atoms with E-state index in [2.05, 4.69) is 12.1 Å². The Hall–Kier alpha value is -2.33. The average Bonchev–Trinajstić information content (AvgIpc) is 3.47. The molecule has 1 aliphatic carbocycles. The van der Waals surface area contributed by atoms with E-state index in [0.717, 1.165) is 38.6 Å². The highest BCUT2D eigenvalue weighted by atomic mass is 16.5. The van der Waals surface area contributed by atoms with Crippen molar-refractivity contribution >= 4 is 5.91 Å². The standard InChI is InChI=1S/C23H27NO3/c25-22(24-15-6-9-19(17-24)23(26)13-14-23)20-10-4-5-11-21(20)27-16-12-18-7-2-1-3-8-18/h1-5,7-8,10-11,19,26H,6,9,12-17H2. The molecule has 142 valence electrons. The Bertz CT molecular complexity index is 785. The fourth-order valence-corrected chi connectivity index (χ4v) is 4.00. The zero-order chi connectivity index (χ0) is 18.7. The third-order valence-electron chi connectivity index (χ3n) is 5.84. The van der Waals surface area contributed by atoms with Crippen LogP contribution in [0.15, 0.2) is 54.6 Å². The largest absolute Gasteiger partial charge is 0.492 e. The first kappa shape index (κ1) is 18.1. The molecule has 1 N–H and O–H groups in total. The second-order valence-corrected chi connectivity index (χ2v) is 7.77. The second kappa shape index (κ2) is 7.73. The summed E-state index contributed by atoms with van der Waals surface area (Å²) in [6, 6.07) is 17.7.